The average molecular weight is 355 g/mol. The quantitative estimate of drug-likeness (QED) is 0.777. The lowest BCUT2D eigenvalue weighted by molar-refractivity contribution is 0.00578. The minimum atomic E-state index is -0.301. The predicted octanol–water partition coefficient (Wildman–Crippen LogP) is 3.03. The summed E-state index contributed by atoms with van der Waals surface area (Å²) in [6.07, 6.45) is 7.24. The zero-order chi connectivity index (χ0) is 18.5. The summed E-state index contributed by atoms with van der Waals surface area (Å²) in [4.78, 5) is 19.0. The van der Waals surface area contributed by atoms with Crippen molar-refractivity contribution in [2.24, 2.45) is 0 Å². The van der Waals surface area contributed by atoms with E-state index >= 15 is 0 Å². The van der Waals surface area contributed by atoms with Crippen LogP contribution in [0, 0.1) is 0 Å². The van der Waals surface area contributed by atoms with Gasteiger partial charge in [-0.15, -0.1) is 0 Å². The predicted molar refractivity (Wildman–Crippen MR) is 100 cm³/mol. The highest BCUT2D eigenvalue weighted by Crippen LogP contribution is 2.42. The van der Waals surface area contributed by atoms with Crippen molar-refractivity contribution in [3.63, 3.8) is 0 Å². The largest absolute Gasteiger partial charge is 0.461 e. The molecule has 0 saturated carbocycles. The molecule has 0 radical (unpaired) electrons. The second-order valence-corrected chi connectivity index (χ2v) is 8.36. The molecule has 0 aromatic carbocycles. The smallest absolute Gasteiger partial charge is 0.403 e. The highest BCUT2D eigenvalue weighted by molar-refractivity contribution is 6.47. The van der Waals surface area contributed by atoms with E-state index in [4.69, 9.17) is 9.31 Å². The van der Waals surface area contributed by atoms with Gasteiger partial charge in [-0.2, -0.15) is 0 Å². The molecular weight excluding hydrogens is 329 g/mol. The van der Waals surface area contributed by atoms with Gasteiger partial charge in [0.15, 0.2) is 0 Å². The summed E-state index contributed by atoms with van der Waals surface area (Å²) in [5, 5.41) is 0. The van der Waals surface area contributed by atoms with E-state index in [1.807, 2.05) is 33.8 Å². The Labute approximate surface area is 154 Å². The van der Waals surface area contributed by atoms with Crippen molar-refractivity contribution in [3.05, 3.63) is 36.3 Å². The Morgan fingerprint density at radius 1 is 1.15 bits per heavy atom. The summed E-state index contributed by atoms with van der Waals surface area (Å²) in [7, 11) is -0.181. The average Bonchev–Trinajstić information content (AvgIpc) is 3.15. The van der Waals surface area contributed by atoms with Crippen molar-refractivity contribution in [1.29, 1.82) is 0 Å². The molecule has 26 heavy (non-hydrogen) atoms. The molecule has 0 N–H and O–H groups in total. The van der Waals surface area contributed by atoms with Crippen molar-refractivity contribution in [3.8, 4) is 0 Å². The Balaban J connectivity index is 1.40. The summed E-state index contributed by atoms with van der Waals surface area (Å²) in [6.45, 7) is 9.79. The molecule has 0 unspecified atom stereocenters. The molecule has 138 valence electrons. The Kier molecular flexibility index (Phi) is 4.12. The number of piperidine rings is 1. The Hall–Kier alpha value is -1.86. The van der Waals surface area contributed by atoms with Gasteiger partial charge in [0.1, 0.15) is 5.65 Å². The Bertz CT molecular complexity index is 808. The molecule has 0 aliphatic carbocycles. The molecule has 0 bridgehead atoms. The maximum absolute atomic E-state index is 12.8. The first-order valence-electron chi connectivity index (χ1n) is 9.34. The lowest BCUT2D eigenvalue weighted by atomic mass is 9.67. The minimum Gasteiger partial charge on any atom is -0.403 e. The third kappa shape index (κ3) is 2.93. The monoisotopic (exact) mass is 355 g/mol. The van der Waals surface area contributed by atoms with Gasteiger partial charge < -0.3 is 18.6 Å². The van der Waals surface area contributed by atoms with E-state index < -0.39 is 0 Å². The number of rotatable bonds is 2. The molecule has 4 rings (SSSR count). The van der Waals surface area contributed by atoms with Crippen molar-refractivity contribution >= 4 is 18.7 Å². The fraction of sp³-hybridized carbons (Fsp3) is 0.579. The van der Waals surface area contributed by atoms with E-state index in [1.165, 1.54) is 0 Å². The van der Waals surface area contributed by atoms with Crippen LogP contribution in [0.1, 0.15) is 50.9 Å². The number of carbonyl (C=O) groups is 1. The molecule has 6 nitrogen and oxygen atoms in total. The third-order valence-corrected chi connectivity index (χ3v) is 6.12. The highest BCUT2D eigenvalue weighted by atomic mass is 16.7. The van der Waals surface area contributed by atoms with E-state index in [0.717, 1.165) is 31.6 Å². The molecule has 2 aromatic heterocycles. The number of aromatic nitrogens is 2. The second-order valence-electron chi connectivity index (χ2n) is 8.36. The van der Waals surface area contributed by atoms with Crippen LogP contribution < -0.4 is 0 Å². The van der Waals surface area contributed by atoms with Crippen molar-refractivity contribution in [1.82, 2.24) is 14.3 Å². The maximum Gasteiger partial charge on any atom is 0.461 e. The molecule has 2 aromatic rings. The zero-order valence-corrected chi connectivity index (χ0v) is 15.9. The van der Waals surface area contributed by atoms with Crippen LogP contribution in [-0.2, 0) is 9.31 Å². The number of amides is 1. The first kappa shape index (κ1) is 17.6. The number of hydrogen-bond donors (Lipinski definition) is 0. The van der Waals surface area contributed by atoms with E-state index in [0.29, 0.717) is 11.4 Å². The maximum atomic E-state index is 12.8. The van der Waals surface area contributed by atoms with Gasteiger partial charge in [-0.1, -0.05) is 0 Å². The summed E-state index contributed by atoms with van der Waals surface area (Å²) in [5.41, 5.74) is 0.945. The van der Waals surface area contributed by atoms with E-state index in [2.05, 4.69) is 32.7 Å². The van der Waals surface area contributed by atoms with Crippen LogP contribution in [0.25, 0.3) is 5.65 Å². The lowest BCUT2D eigenvalue weighted by Gasteiger charge is -2.32. The van der Waals surface area contributed by atoms with Gasteiger partial charge in [0.25, 0.3) is 5.91 Å². The fourth-order valence-corrected chi connectivity index (χ4v) is 3.68. The topological polar surface area (TPSA) is 56.1 Å². The van der Waals surface area contributed by atoms with Gasteiger partial charge in [0, 0.05) is 31.7 Å². The third-order valence-electron chi connectivity index (χ3n) is 6.12. The van der Waals surface area contributed by atoms with Gasteiger partial charge in [-0.25, -0.2) is 4.98 Å². The second kappa shape index (κ2) is 6.10. The molecule has 2 fully saturated rings. The van der Waals surface area contributed by atoms with Crippen LogP contribution in [0.3, 0.4) is 0 Å². The van der Waals surface area contributed by atoms with Gasteiger partial charge in [0.05, 0.1) is 16.8 Å². The van der Waals surface area contributed by atoms with Crippen molar-refractivity contribution in [2.75, 3.05) is 13.1 Å². The molecule has 2 saturated heterocycles. The first-order chi connectivity index (χ1) is 12.3. The number of hydrogen-bond acceptors (Lipinski definition) is 4. The Morgan fingerprint density at radius 2 is 1.81 bits per heavy atom. The van der Waals surface area contributed by atoms with Crippen LogP contribution in [0.2, 0.25) is 5.82 Å². The summed E-state index contributed by atoms with van der Waals surface area (Å²) >= 11 is 0. The SMILES string of the molecule is CC1(C)OB(C2CCN(C(=O)c3ccc4nccn4c3)CC2)OC1(C)C. The van der Waals surface area contributed by atoms with E-state index in [9.17, 15) is 4.79 Å². The van der Waals surface area contributed by atoms with Gasteiger partial charge in [-0.05, 0) is 58.5 Å². The minimum absolute atomic E-state index is 0.0768. The number of fused-ring (bicyclic) bond motifs is 1. The zero-order valence-electron chi connectivity index (χ0n) is 15.9. The van der Waals surface area contributed by atoms with Gasteiger partial charge >= 0.3 is 7.12 Å². The normalized spacial score (nSPS) is 22.9. The first-order valence-corrected chi connectivity index (χ1v) is 9.34. The molecule has 2 aliphatic heterocycles. The molecular formula is C19H26BN3O3. The number of carbonyl (C=O) groups excluding carboxylic acids is 1. The molecule has 7 heteroatoms. The van der Waals surface area contributed by atoms with Crippen LogP contribution in [-0.4, -0.2) is 51.6 Å². The number of pyridine rings is 1. The molecule has 2 aliphatic rings. The lowest BCUT2D eigenvalue weighted by Crippen LogP contribution is -2.41. The van der Waals surface area contributed by atoms with Gasteiger partial charge in [-0.3, -0.25) is 4.79 Å². The van der Waals surface area contributed by atoms with Crippen LogP contribution in [0.15, 0.2) is 30.7 Å². The molecule has 0 atom stereocenters. The number of imidazole rings is 1. The van der Waals surface area contributed by atoms with E-state index in [1.54, 1.807) is 6.20 Å². The molecule has 1 amide bonds. The summed E-state index contributed by atoms with van der Waals surface area (Å²) in [5.74, 6) is 0.407. The standard InChI is InChI=1S/C19H26BN3O3/c1-18(2)19(3,4)26-20(25-18)15-7-10-22(11-8-15)17(24)14-5-6-16-21-9-12-23(16)13-14/h5-6,9,12-13,15H,7-8,10-11H2,1-4H3. The number of nitrogens with zero attached hydrogens (tertiary/aromatic N) is 3. The summed E-state index contributed by atoms with van der Waals surface area (Å²) in [6, 6.07) is 3.73. The van der Waals surface area contributed by atoms with Crippen molar-refractivity contribution < 1.29 is 14.1 Å². The van der Waals surface area contributed by atoms with Crippen LogP contribution in [0.4, 0.5) is 0 Å². The molecule has 0 spiro atoms. The fourth-order valence-electron chi connectivity index (χ4n) is 3.68. The van der Waals surface area contributed by atoms with Crippen LogP contribution >= 0.6 is 0 Å². The van der Waals surface area contributed by atoms with Crippen molar-refractivity contribution in [2.45, 2.75) is 57.6 Å². The molecule has 4 heterocycles. The highest BCUT2D eigenvalue weighted by Gasteiger charge is 2.53. The summed E-state index contributed by atoms with van der Waals surface area (Å²) < 4.78 is 14.3. The van der Waals surface area contributed by atoms with E-state index in [-0.39, 0.29) is 24.2 Å². The number of likely N-dealkylation sites (tertiary alicyclic amines) is 1. The van der Waals surface area contributed by atoms with Crippen LogP contribution in [0.5, 0.6) is 0 Å². The Morgan fingerprint density at radius 3 is 2.46 bits per heavy atom. The van der Waals surface area contributed by atoms with Gasteiger partial charge in [0.2, 0.25) is 0 Å².